The fraction of sp³-hybridized carbons (Fsp3) is 0.423. The molecular weight excluding hydrogens is 454 g/mol. The van der Waals surface area contributed by atoms with E-state index < -0.39 is 0 Å². The van der Waals surface area contributed by atoms with Crippen molar-refractivity contribution < 1.29 is 19.0 Å². The first-order chi connectivity index (χ1) is 16.5. The van der Waals surface area contributed by atoms with Crippen molar-refractivity contribution in [2.24, 2.45) is 0 Å². The van der Waals surface area contributed by atoms with Gasteiger partial charge < -0.3 is 19.5 Å². The molecular formula is C26H32ClN3O4. The van der Waals surface area contributed by atoms with Crippen molar-refractivity contribution in [2.75, 3.05) is 25.6 Å². The molecule has 1 N–H and O–H groups in total. The molecule has 182 valence electrons. The van der Waals surface area contributed by atoms with Gasteiger partial charge in [-0.3, -0.25) is 4.79 Å². The molecule has 2 aromatic carbocycles. The highest BCUT2D eigenvalue weighted by Crippen LogP contribution is 2.35. The van der Waals surface area contributed by atoms with E-state index >= 15 is 0 Å². The molecule has 0 fully saturated rings. The molecule has 0 unspecified atom stereocenters. The summed E-state index contributed by atoms with van der Waals surface area (Å²) in [5, 5.41) is 5.03. The van der Waals surface area contributed by atoms with Crippen molar-refractivity contribution >= 4 is 34.3 Å². The molecule has 1 heterocycles. The molecule has 0 saturated heterocycles. The maximum absolute atomic E-state index is 11.4. The SMILES string of the molecule is CCOC(=O)CCCCCCOc1cc2c(N[C@H](C)c3ccc(Cl)cc3)ncnc2cc1OC. The van der Waals surface area contributed by atoms with Gasteiger partial charge in [0.05, 0.1) is 25.8 Å². The quantitative estimate of drug-likeness (QED) is 0.223. The molecule has 34 heavy (non-hydrogen) atoms. The zero-order chi connectivity index (χ0) is 24.3. The summed E-state index contributed by atoms with van der Waals surface area (Å²) < 4.78 is 16.5. The Morgan fingerprint density at radius 3 is 2.56 bits per heavy atom. The molecule has 3 rings (SSSR count). The molecule has 0 aliphatic rings. The molecule has 8 heteroatoms. The van der Waals surface area contributed by atoms with Crippen LogP contribution >= 0.6 is 11.6 Å². The number of hydrogen-bond donors (Lipinski definition) is 1. The first-order valence-corrected chi connectivity index (χ1v) is 12.0. The predicted octanol–water partition coefficient (Wildman–Crippen LogP) is 6.36. The summed E-state index contributed by atoms with van der Waals surface area (Å²) in [7, 11) is 1.62. The van der Waals surface area contributed by atoms with E-state index in [0.717, 1.165) is 48.0 Å². The van der Waals surface area contributed by atoms with E-state index in [4.69, 9.17) is 25.8 Å². The van der Waals surface area contributed by atoms with E-state index in [1.807, 2.05) is 43.3 Å². The molecule has 0 spiro atoms. The Balaban J connectivity index is 1.63. The maximum Gasteiger partial charge on any atom is 0.305 e. The average Bonchev–Trinajstić information content (AvgIpc) is 2.83. The zero-order valence-electron chi connectivity index (χ0n) is 20.0. The van der Waals surface area contributed by atoms with Crippen LogP contribution in [0.2, 0.25) is 5.02 Å². The minimum atomic E-state index is -0.128. The van der Waals surface area contributed by atoms with Crippen LogP contribution < -0.4 is 14.8 Å². The fourth-order valence-corrected chi connectivity index (χ4v) is 3.76. The summed E-state index contributed by atoms with van der Waals surface area (Å²) in [5.41, 5.74) is 1.87. The summed E-state index contributed by atoms with van der Waals surface area (Å²) in [6.45, 7) is 4.88. The number of rotatable bonds is 13. The van der Waals surface area contributed by atoms with Crippen LogP contribution in [0.25, 0.3) is 10.9 Å². The van der Waals surface area contributed by atoms with Gasteiger partial charge in [0.15, 0.2) is 11.5 Å². The number of nitrogens with one attached hydrogen (secondary N) is 1. The van der Waals surface area contributed by atoms with Crippen LogP contribution in [0.3, 0.4) is 0 Å². The van der Waals surface area contributed by atoms with Gasteiger partial charge in [-0.2, -0.15) is 0 Å². The summed E-state index contributed by atoms with van der Waals surface area (Å²) >= 11 is 6.02. The van der Waals surface area contributed by atoms with Gasteiger partial charge in [-0.25, -0.2) is 9.97 Å². The number of halogens is 1. The summed E-state index contributed by atoms with van der Waals surface area (Å²) in [6, 6.07) is 11.6. The van der Waals surface area contributed by atoms with Crippen LogP contribution in [-0.2, 0) is 9.53 Å². The lowest BCUT2D eigenvalue weighted by Crippen LogP contribution is -2.09. The Labute approximate surface area is 205 Å². The number of methoxy groups -OCH3 is 1. The van der Waals surface area contributed by atoms with Crippen molar-refractivity contribution in [1.29, 1.82) is 0 Å². The number of benzene rings is 2. The van der Waals surface area contributed by atoms with Crippen molar-refractivity contribution in [3.63, 3.8) is 0 Å². The van der Waals surface area contributed by atoms with Crippen LogP contribution in [-0.4, -0.2) is 36.3 Å². The second-order valence-corrected chi connectivity index (χ2v) is 8.41. The van der Waals surface area contributed by atoms with E-state index in [0.29, 0.717) is 36.2 Å². The largest absolute Gasteiger partial charge is 0.493 e. The molecule has 0 bridgehead atoms. The number of esters is 1. The molecule has 0 amide bonds. The Morgan fingerprint density at radius 1 is 1.06 bits per heavy atom. The molecule has 0 aliphatic heterocycles. The minimum absolute atomic E-state index is 0.0245. The van der Waals surface area contributed by atoms with Gasteiger partial charge in [0.25, 0.3) is 0 Å². The van der Waals surface area contributed by atoms with Crippen molar-refractivity contribution in [1.82, 2.24) is 9.97 Å². The van der Waals surface area contributed by atoms with Crippen LogP contribution in [0.15, 0.2) is 42.7 Å². The highest BCUT2D eigenvalue weighted by Gasteiger charge is 2.14. The Morgan fingerprint density at radius 2 is 1.82 bits per heavy atom. The number of aromatic nitrogens is 2. The minimum Gasteiger partial charge on any atom is -0.493 e. The topological polar surface area (TPSA) is 82.6 Å². The Bertz CT molecular complexity index is 1080. The number of carbonyl (C=O) groups is 1. The number of unbranched alkanes of at least 4 members (excludes halogenated alkanes) is 3. The van der Waals surface area contributed by atoms with Crippen molar-refractivity contribution in [3.8, 4) is 11.5 Å². The van der Waals surface area contributed by atoms with Gasteiger partial charge in [-0.1, -0.05) is 36.6 Å². The molecule has 3 aromatic rings. The number of ether oxygens (including phenoxy) is 3. The van der Waals surface area contributed by atoms with E-state index in [-0.39, 0.29) is 12.0 Å². The Hall–Kier alpha value is -3.06. The summed E-state index contributed by atoms with van der Waals surface area (Å²) in [4.78, 5) is 20.3. The fourth-order valence-electron chi connectivity index (χ4n) is 3.63. The molecule has 0 saturated carbocycles. The number of fused-ring (bicyclic) bond motifs is 1. The predicted molar refractivity (Wildman–Crippen MR) is 135 cm³/mol. The summed E-state index contributed by atoms with van der Waals surface area (Å²) in [5.74, 6) is 1.87. The molecule has 0 radical (unpaired) electrons. The monoisotopic (exact) mass is 485 g/mol. The molecule has 1 atom stereocenters. The first kappa shape index (κ1) is 25.6. The normalized spacial score (nSPS) is 11.8. The lowest BCUT2D eigenvalue weighted by atomic mass is 10.1. The standard InChI is InChI=1S/C26H32ClN3O4/c1-4-33-25(31)9-7-5-6-8-14-34-24-15-21-22(16-23(24)32-3)28-17-29-26(21)30-18(2)19-10-12-20(27)13-11-19/h10-13,15-18H,4-9,14H2,1-3H3,(H,28,29,30)/t18-/m1/s1. The zero-order valence-corrected chi connectivity index (χ0v) is 20.7. The first-order valence-electron chi connectivity index (χ1n) is 11.6. The number of carbonyl (C=O) groups excluding carboxylic acids is 1. The van der Waals surface area contributed by atoms with Crippen LogP contribution in [0.4, 0.5) is 5.82 Å². The summed E-state index contributed by atoms with van der Waals surface area (Å²) in [6.07, 6.45) is 5.66. The smallest absolute Gasteiger partial charge is 0.305 e. The van der Waals surface area contributed by atoms with Gasteiger partial charge in [0.1, 0.15) is 12.1 Å². The van der Waals surface area contributed by atoms with Gasteiger partial charge in [0, 0.05) is 28.9 Å². The third kappa shape index (κ3) is 7.22. The van der Waals surface area contributed by atoms with E-state index in [9.17, 15) is 4.79 Å². The Kier molecular flexibility index (Phi) is 9.76. The highest BCUT2D eigenvalue weighted by molar-refractivity contribution is 6.30. The van der Waals surface area contributed by atoms with Crippen LogP contribution in [0, 0.1) is 0 Å². The number of hydrogen-bond acceptors (Lipinski definition) is 7. The van der Waals surface area contributed by atoms with Crippen molar-refractivity contribution in [2.45, 2.75) is 52.0 Å². The van der Waals surface area contributed by atoms with E-state index in [1.165, 1.54) is 6.33 Å². The number of anilines is 1. The molecule has 1 aromatic heterocycles. The van der Waals surface area contributed by atoms with Crippen molar-refractivity contribution in [3.05, 3.63) is 53.3 Å². The maximum atomic E-state index is 11.4. The highest BCUT2D eigenvalue weighted by atomic mass is 35.5. The second kappa shape index (κ2) is 13.0. The van der Waals surface area contributed by atoms with E-state index in [2.05, 4.69) is 22.2 Å². The average molecular weight is 486 g/mol. The third-order valence-corrected chi connectivity index (χ3v) is 5.73. The van der Waals surface area contributed by atoms with Gasteiger partial charge in [-0.05, 0) is 50.5 Å². The second-order valence-electron chi connectivity index (χ2n) is 7.98. The number of nitrogens with zero attached hydrogens (tertiary/aromatic N) is 2. The lowest BCUT2D eigenvalue weighted by molar-refractivity contribution is -0.143. The molecule has 0 aliphatic carbocycles. The van der Waals surface area contributed by atoms with Crippen LogP contribution in [0.5, 0.6) is 11.5 Å². The van der Waals surface area contributed by atoms with Crippen LogP contribution in [0.1, 0.15) is 57.6 Å². The lowest BCUT2D eigenvalue weighted by Gasteiger charge is -2.17. The third-order valence-electron chi connectivity index (χ3n) is 5.48. The molecule has 7 nitrogen and oxygen atoms in total. The van der Waals surface area contributed by atoms with Gasteiger partial charge in [0.2, 0.25) is 0 Å². The van der Waals surface area contributed by atoms with Gasteiger partial charge in [-0.15, -0.1) is 0 Å². The van der Waals surface area contributed by atoms with Gasteiger partial charge >= 0.3 is 5.97 Å². The van der Waals surface area contributed by atoms with E-state index in [1.54, 1.807) is 7.11 Å².